The van der Waals surface area contributed by atoms with Crippen LogP contribution in [-0.2, 0) is 9.53 Å². The van der Waals surface area contributed by atoms with Crippen LogP contribution in [0.4, 0.5) is 0 Å². The number of ether oxygens (including phenoxy) is 1. The number of benzene rings is 1. The summed E-state index contributed by atoms with van der Waals surface area (Å²) < 4.78 is 5.26. The summed E-state index contributed by atoms with van der Waals surface area (Å²) in [5.41, 5.74) is 7.00. The molecule has 0 aromatic heterocycles. The predicted molar refractivity (Wildman–Crippen MR) is 80.0 cm³/mol. The summed E-state index contributed by atoms with van der Waals surface area (Å²) in [6.07, 6.45) is 0.909. The van der Waals surface area contributed by atoms with Gasteiger partial charge in [0.1, 0.15) is 0 Å². The summed E-state index contributed by atoms with van der Waals surface area (Å²) in [5.74, 6) is 0.734. The standard InChI is InChI=1S/C14H17ClN2O2S/c15-8-1-2-13-9(5-8)12(3-4-20-13)17-14(18)10-6-19-7-11(10)16/h1-2,5,10-12H,3-4,6-7,16H2,(H,17,18). The topological polar surface area (TPSA) is 64.3 Å². The van der Waals surface area contributed by atoms with Crippen molar-refractivity contribution in [1.82, 2.24) is 5.32 Å². The lowest BCUT2D eigenvalue weighted by molar-refractivity contribution is -0.126. The second-order valence-electron chi connectivity index (χ2n) is 5.19. The average molecular weight is 313 g/mol. The molecule has 0 bridgehead atoms. The Bertz CT molecular complexity index is 526. The molecule has 2 aliphatic heterocycles. The number of amides is 1. The molecule has 0 aliphatic carbocycles. The van der Waals surface area contributed by atoms with Crippen molar-refractivity contribution in [1.29, 1.82) is 0 Å². The molecule has 1 aromatic rings. The molecule has 3 rings (SSSR count). The molecule has 1 aromatic carbocycles. The van der Waals surface area contributed by atoms with Crippen LogP contribution in [-0.4, -0.2) is 30.9 Å². The van der Waals surface area contributed by atoms with E-state index in [9.17, 15) is 4.79 Å². The van der Waals surface area contributed by atoms with Crippen LogP contribution < -0.4 is 11.1 Å². The normalized spacial score (nSPS) is 29.0. The molecule has 2 heterocycles. The molecule has 3 atom stereocenters. The van der Waals surface area contributed by atoms with Crippen molar-refractivity contribution in [2.24, 2.45) is 11.7 Å². The van der Waals surface area contributed by atoms with E-state index in [1.807, 2.05) is 18.2 Å². The van der Waals surface area contributed by atoms with Gasteiger partial charge in [-0.3, -0.25) is 4.79 Å². The Labute approximate surface area is 127 Å². The van der Waals surface area contributed by atoms with Crippen LogP contribution in [0.1, 0.15) is 18.0 Å². The average Bonchev–Trinajstić information content (AvgIpc) is 2.86. The minimum atomic E-state index is -0.243. The maximum Gasteiger partial charge on any atom is 0.227 e. The van der Waals surface area contributed by atoms with E-state index in [2.05, 4.69) is 5.32 Å². The lowest BCUT2D eigenvalue weighted by atomic mass is 10.00. The summed E-state index contributed by atoms with van der Waals surface area (Å²) in [6.45, 7) is 0.873. The molecule has 1 saturated heterocycles. The summed E-state index contributed by atoms with van der Waals surface area (Å²) in [7, 11) is 0. The molecular weight excluding hydrogens is 296 g/mol. The largest absolute Gasteiger partial charge is 0.379 e. The molecule has 3 unspecified atom stereocenters. The molecule has 4 nitrogen and oxygen atoms in total. The van der Waals surface area contributed by atoms with Crippen LogP contribution in [0.2, 0.25) is 5.02 Å². The van der Waals surface area contributed by atoms with Crippen LogP contribution in [0.5, 0.6) is 0 Å². The number of halogens is 1. The van der Waals surface area contributed by atoms with Gasteiger partial charge in [0.25, 0.3) is 0 Å². The van der Waals surface area contributed by atoms with Gasteiger partial charge in [-0.25, -0.2) is 0 Å². The summed E-state index contributed by atoms with van der Waals surface area (Å²) >= 11 is 7.87. The second-order valence-corrected chi connectivity index (χ2v) is 6.76. The number of hydrogen-bond donors (Lipinski definition) is 2. The van der Waals surface area contributed by atoms with E-state index in [-0.39, 0.29) is 23.9 Å². The highest BCUT2D eigenvalue weighted by Gasteiger charge is 2.33. The zero-order chi connectivity index (χ0) is 14.1. The minimum Gasteiger partial charge on any atom is -0.379 e. The summed E-state index contributed by atoms with van der Waals surface area (Å²) in [6, 6.07) is 5.67. The fraction of sp³-hybridized carbons (Fsp3) is 0.500. The first-order chi connectivity index (χ1) is 9.65. The SMILES string of the molecule is NC1COCC1C(=O)NC1CCSc2ccc(Cl)cc21. The number of thioether (sulfide) groups is 1. The number of carbonyl (C=O) groups excluding carboxylic acids is 1. The van der Waals surface area contributed by atoms with Crippen molar-refractivity contribution >= 4 is 29.3 Å². The molecule has 3 N–H and O–H groups in total. The molecule has 1 fully saturated rings. The highest BCUT2D eigenvalue weighted by Crippen LogP contribution is 2.37. The van der Waals surface area contributed by atoms with Crippen molar-refractivity contribution < 1.29 is 9.53 Å². The van der Waals surface area contributed by atoms with Gasteiger partial charge in [0.05, 0.1) is 25.2 Å². The monoisotopic (exact) mass is 312 g/mol. The number of nitrogens with one attached hydrogen (secondary N) is 1. The number of nitrogens with two attached hydrogens (primary N) is 1. The number of fused-ring (bicyclic) bond motifs is 1. The van der Waals surface area contributed by atoms with E-state index < -0.39 is 0 Å². The lowest BCUT2D eigenvalue weighted by Gasteiger charge is -2.27. The van der Waals surface area contributed by atoms with Crippen molar-refractivity contribution in [2.75, 3.05) is 19.0 Å². The Morgan fingerprint density at radius 3 is 3.05 bits per heavy atom. The number of carbonyl (C=O) groups is 1. The van der Waals surface area contributed by atoms with Crippen LogP contribution in [0.3, 0.4) is 0 Å². The van der Waals surface area contributed by atoms with E-state index in [1.165, 1.54) is 4.90 Å². The third-order valence-electron chi connectivity index (χ3n) is 3.79. The molecule has 1 amide bonds. The highest BCUT2D eigenvalue weighted by molar-refractivity contribution is 7.99. The van der Waals surface area contributed by atoms with Gasteiger partial charge in [-0.1, -0.05) is 11.6 Å². The molecule has 0 saturated carbocycles. The van der Waals surface area contributed by atoms with E-state index in [1.54, 1.807) is 11.8 Å². The molecule has 108 valence electrons. The summed E-state index contributed by atoms with van der Waals surface area (Å²) in [4.78, 5) is 13.5. The van der Waals surface area contributed by atoms with Crippen LogP contribution in [0.25, 0.3) is 0 Å². The van der Waals surface area contributed by atoms with Crippen LogP contribution in [0.15, 0.2) is 23.1 Å². The predicted octanol–water partition coefficient (Wildman–Crippen LogP) is 1.97. The fourth-order valence-electron chi connectivity index (χ4n) is 2.63. The smallest absolute Gasteiger partial charge is 0.227 e. The van der Waals surface area contributed by atoms with Gasteiger partial charge in [0, 0.05) is 21.7 Å². The second kappa shape index (κ2) is 5.93. The summed E-state index contributed by atoms with van der Waals surface area (Å²) in [5, 5.41) is 3.80. The van der Waals surface area contributed by atoms with Crippen LogP contribution in [0, 0.1) is 5.92 Å². The Morgan fingerprint density at radius 2 is 2.30 bits per heavy atom. The van der Waals surface area contributed by atoms with Gasteiger partial charge in [0.15, 0.2) is 0 Å². The Morgan fingerprint density at radius 1 is 1.45 bits per heavy atom. The zero-order valence-electron chi connectivity index (χ0n) is 11.0. The Hall–Kier alpha value is -0.750. The quantitative estimate of drug-likeness (QED) is 0.876. The molecular formula is C14H17ClN2O2S. The number of hydrogen-bond acceptors (Lipinski definition) is 4. The van der Waals surface area contributed by atoms with Crippen molar-refractivity contribution in [3.63, 3.8) is 0 Å². The lowest BCUT2D eigenvalue weighted by Crippen LogP contribution is -2.42. The van der Waals surface area contributed by atoms with Gasteiger partial charge >= 0.3 is 0 Å². The van der Waals surface area contributed by atoms with Gasteiger partial charge in [0.2, 0.25) is 5.91 Å². The maximum atomic E-state index is 12.3. The molecule has 0 radical (unpaired) electrons. The zero-order valence-corrected chi connectivity index (χ0v) is 12.5. The van der Waals surface area contributed by atoms with Crippen molar-refractivity contribution in [3.8, 4) is 0 Å². The first-order valence-electron chi connectivity index (χ1n) is 6.71. The first kappa shape index (κ1) is 14.2. The van der Waals surface area contributed by atoms with Crippen molar-refractivity contribution in [3.05, 3.63) is 28.8 Å². The third-order valence-corrected chi connectivity index (χ3v) is 5.15. The van der Waals surface area contributed by atoms with Gasteiger partial charge < -0.3 is 15.8 Å². The Balaban J connectivity index is 1.76. The number of rotatable bonds is 2. The maximum absolute atomic E-state index is 12.3. The van der Waals surface area contributed by atoms with E-state index in [0.717, 1.165) is 17.7 Å². The fourth-order valence-corrected chi connectivity index (χ4v) is 3.92. The third kappa shape index (κ3) is 2.81. The first-order valence-corrected chi connectivity index (χ1v) is 8.07. The molecule has 0 spiro atoms. The Kier molecular flexibility index (Phi) is 4.21. The van der Waals surface area contributed by atoms with E-state index >= 15 is 0 Å². The minimum absolute atomic E-state index is 0.0159. The van der Waals surface area contributed by atoms with Gasteiger partial charge in [-0.05, 0) is 30.2 Å². The molecule has 6 heteroatoms. The van der Waals surface area contributed by atoms with Gasteiger partial charge in [-0.2, -0.15) is 0 Å². The van der Waals surface area contributed by atoms with E-state index in [4.69, 9.17) is 22.1 Å². The van der Waals surface area contributed by atoms with Crippen LogP contribution >= 0.6 is 23.4 Å². The van der Waals surface area contributed by atoms with Crippen molar-refractivity contribution in [2.45, 2.75) is 23.4 Å². The van der Waals surface area contributed by atoms with E-state index in [0.29, 0.717) is 18.2 Å². The van der Waals surface area contributed by atoms with Gasteiger partial charge in [-0.15, -0.1) is 11.8 Å². The molecule has 20 heavy (non-hydrogen) atoms. The highest BCUT2D eigenvalue weighted by atomic mass is 35.5. The molecule has 2 aliphatic rings.